The number of benzene rings is 1. The number of allylic oxidation sites excluding steroid dienone is 1. The summed E-state index contributed by atoms with van der Waals surface area (Å²) in [5.41, 5.74) is 2.33. The molecule has 0 fully saturated rings. The summed E-state index contributed by atoms with van der Waals surface area (Å²) < 4.78 is 9.94. The molecule has 1 aliphatic heterocycles. The van der Waals surface area contributed by atoms with E-state index >= 15 is 0 Å². The van der Waals surface area contributed by atoms with Gasteiger partial charge in [0, 0.05) is 5.56 Å². The number of carbonyl (C=O) groups excluding carboxylic acids is 2. The van der Waals surface area contributed by atoms with Crippen molar-refractivity contribution in [2.24, 2.45) is 0 Å². The lowest BCUT2D eigenvalue weighted by Gasteiger charge is -2.10. The van der Waals surface area contributed by atoms with Crippen LogP contribution in [-0.2, 0) is 14.3 Å². The maximum Gasteiger partial charge on any atom is 0.347 e. The number of ether oxygens (including phenoxy) is 2. The van der Waals surface area contributed by atoms with Gasteiger partial charge in [-0.25, -0.2) is 9.59 Å². The molecule has 1 aromatic rings. The van der Waals surface area contributed by atoms with Crippen molar-refractivity contribution >= 4 is 18.0 Å². The van der Waals surface area contributed by atoms with Crippen molar-refractivity contribution in [1.82, 2.24) is 0 Å². The van der Waals surface area contributed by atoms with Crippen LogP contribution in [0.25, 0.3) is 6.08 Å². The van der Waals surface area contributed by atoms with Crippen molar-refractivity contribution < 1.29 is 19.1 Å². The first-order valence-electron chi connectivity index (χ1n) is 6.22. The molecule has 20 heavy (non-hydrogen) atoms. The Morgan fingerprint density at radius 3 is 2.80 bits per heavy atom. The van der Waals surface area contributed by atoms with E-state index < -0.39 is 11.9 Å². The second-order valence-corrected chi connectivity index (χ2v) is 4.48. The zero-order valence-corrected chi connectivity index (χ0v) is 10.9. The minimum atomic E-state index is -0.577. The van der Waals surface area contributed by atoms with Gasteiger partial charge < -0.3 is 9.47 Å². The number of esters is 2. The number of methoxy groups -OCH3 is 1. The second-order valence-electron chi connectivity index (χ2n) is 4.48. The summed E-state index contributed by atoms with van der Waals surface area (Å²) in [4.78, 5) is 23.3. The van der Waals surface area contributed by atoms with Crippen molar-refractivity contribution in [2.75, 3.05) is 7.11 Å². The molecule has 1 aromatic carbocycles. The number of rotatable bonds is 2. The molecule has 0 aromatic heterocycles. The van der Waals surface area contributed by atoms with Crippen LogP contribution in [0.3, 0.4) is 0 Å². The van der Waals surface area contributed by atoms with Gasteiger partial charge in [0.05, 0.1) is 18.3 Å². The van der Waals surface area contributed by atoms with Gasteiger partial charge in [0.15, 0.2) is 0 Å². The van der Waals surface area contributed by atoms with Gasteiger partial charge in [-0.05, 0) is 24.1 Å². The Morgan fingerprint density at radius 1 is 1.20 bits per heavy atom. The fraction of sp³-hybridized carbons (Fsp3) is 0.125. The van der Waals surface area contributed by atoms with E-state index in [-0.39, 0.29) is 0 Å². The fourth-order valence-corrected chi connectivity index (χ4v) is 2.37. The minimum absolute atomic E-state index is 0.336. The summed E-state index contributed by atoms with van der Waals surface area (Å²) in [6, 6.07) is 7.51. The van der Waals surface area contributed by atoms with Crippen LogP contribution in [0, 0.1) is 0 Å². The van der Waals surface area contributed by atoms with E-state index in [0.29, 0.717) is 17.6 Å². The summed E-state index contributed by atoms with van der Waals surface area (Å²) >= 11 is 0. The first-order chi connectivity index (χ1) is 9.70. The van der Waals surface area contributed by atoms with Crippen molar-refractivity contribution in [3.05, 3.63) is 58.7 Å². The van der Waals surface area contributed by atoms with Crippen LogP contribution in [0.5, 0.6) is 5.75 Å². The summed E-state index contributed by atoms with van der Waals surface area (Å²) in [5, 5.41) is 0. The van der Waals surface area contributed by atoms with Gasteiger partial charge >= 0.3 is 11.9 Å². The lowest BCUT2D eigenvalue weighted by molar-refractivity contribution is -0.150. The highest BCUT2D eigenvalue weighted by molar-refractivity contribution is 6.17. The Bertz CT molecular complexity index is 692. The van der Waals surface area contributed by atoms with Gasteiger partial charge in [-0.15, -0.1) is 0 Å². The summed E-state index contributed by atoms with van der Waals surface area (Å²) in [6.45, 7) is 0. The quantitative estimate of drug-likeness (QED) is 0.610. The molecule has 0 radical (unpaired) electrons. The lowest BCUT2D eigenvalue weighted by Crippen LogP contribution is -2.04. The van der Waals surface area contributed by atoms with Crippen LogP contribution in [0.1, 0.15) is 12.0 Å². The molecule has 0 bridgehead atoms. The first kappa shape index (κ1) is 12.4. The van der Waals surface area contributed by atoms with E-state index in [1.165, 1.54) is 0 Å². The number of hydrogen-bond acceptors (Lipinski definition) is 4. The van der Waals surface area contributed by atoms with Crippen LogP contribution in [-0.4, -0.2) is 19.0 Å². The molecule has 100 valence electrons. The maximum absolute atomic E-state index is 11.8. The van der Waals surface area contributed by atoms with E-state index in [2.05, 4.69) is 4.74 Å². The van der Waals surface area contributed by atoms with E-state index in [9.17, 15) is 9.59 Å². The van der Waals surface area contributed by atoms with Crippen LogP contribution in [0.15, 0.2) is 53.1 Å². The van der Waals surface area contributed by atoms with E-state index in [4.69, 9.17) is 4.74 Å². The summed E-state index contributed by atoms with van der Waals surface area (Å²) in [6.07, 6.45) is 5.93. The summed E-state index contributed by atoms with van der Waals surface area (Å²) in [5.74, 6) is -0.434. The molecule has 0 amide bonds. The highest BCUT2D eigenvalue weighted by atomic mass is 16.6. The average molecular weight is 268 g/mol. The van der Waals surface area contributed by atoms with Crippen LogP contribution in [0.4, 0.5) is 0 Å². The molecular weight excluding hydrogens is 256 g/mol. The van der Waals surface area contributed by atoms with E-state index in [0.717, 1.165) is 16.9 Å². The van der Waals surface area contributed by atoms with Crippen LogP contribution < -0.4 is 4.74 Å². The highest BCUT2D eigenvalue weighted by Crippen LogP contribution is 2.33. The molecule has 4 heteroatoms. The molecule has 0 spiro atoms. The topological polar surface area (TPSA) is 52.6 Å². The molecule has 1 aliphatic carbocycles. The van der Waals surface area contributed by atoms with Crippen molar-refractivity contribution in [2.45, 2.75) is 6.42 Å². The molecule has 0 atom stereocenters. The molecular formula is C16H12O4. The molecule has 2 aliphatic rings. The number of para-hydroxylation sites is 1. The number of hydrogen-bond donors (Lipinski definition) is 0. The van der Waals surface area contributed by atoms with Crippen LogP contribution >= 0.6 is 0 Å². The third-order valence-electron chi connectivity index (χ3n) is 3.29. The minimum Gasteiger partial charge on any atom is -0.496 e. The molecule has 0 saturated heterocycles. The maximum atomic E-state index is 11.8. The zero-order chi connectivity index (χ0) is 14.1. The normalized spacial score (nSPS) is 19.4. The molecule has 3 rings (SSSR count). The Labute approximate surface area is 116 Å². The molecule has 4 nitrogen and oxygen atoms in total. The monoisotopic (exact) mass is 268 g/mol. The third-order valence-corrected chi connectivity index (χ3v) is 3.29. The SMILES string of the molecule is COc1ccccc1C=C1CC=CC2=C1C(=O)OC2=O. The van der Waals surface area contributed by atoms with Gasteiger partial charge in [-0.3, -0.25) is 0 Å². The van der Waals surface area contributed by atoms with Gasteiger partial charge in [-0.1, -0.05) is 30.4 Å². The second kappa shape index (κ2) is 4.81. The molecule has 0 saturated carbocycles. The zero-order valence-electron chi connectivity index (χ0n) is 10.9. The summed E-state index contributed by atoms with van der Waals surface area (Å²) in [7, 11) is 1.59. The first-order valence-corrected chi connectivity index (χ1v) is 6.22. The Morgan fingerprint density at radius 2 is 2.00 bits per heavy atom. The standard InChI is InChI=1S/C16H12O4/c1-19-13-8-3-2-5-10(13)9-11-6-4-7-12-14(11)16(18)20-15(12)17/h2-5,7-9H,6H2,1H3. The predicted octanol–water partition coefficient (Wildman–Crippen LogP) is 2.42. The van der Waals surface area contributed by atoms with Crippen molar-refractivity contribution in [1.29, 1.82) is 0 Å². The smallest absolute Gasteiger partial charge is 0.347 e. The van der Waals surface area contributed by atoms with Gasteiger partial charge in [0.1, 0.15) is 5.75 Å². The largest absolute Gasteiger partial charge is 0.496 e. The van der Waals surface area contributed by atoms with Gasteiger partial charge in [0.2, 0.25) is 0 Å². The fourth-order valence-electron chi connectivity index (χ4n) is 2.37. The average Bonchev–Trinajstić information content (AvgIpc) is 2.76. The highest BCUT2D eigenvalue weighted by Gasteiger charge is 2.34. The lowest BCUT2D eigenvalue weighted by atomic mass is 9.92. The molecule has 0 N–H and O–H groups in total. The number of cyclic esters (lactones) is 2. The Kier molecular flexibility index (Phi) is 2.99. The van der Waals surface area contributed by atoms with Crippen LogP contribution in [0.2, 0.25) is 0 Å². The molecule has 0 unspecified atom stereocenters. The van der Waals surface area contributed by atoms with Crippen molar-refractivity contribution in [3.63, 3.8) is 0 Å². The van der Waals surface area contributed by atoms with Gasteiger partial charge in [0.25, 0.3) is 0 Å². The Balaban J connectivity index is 2.09. The number of carbonyl (C=O) groups is 2. The third kappa shape index (κ3) is 1.95. The molecule has 1 heterocycles. The van der Waals surface area contributed by atoms with Gasteiger partial charge in [-0.2, -0.15) is 0 Å². The van der Waals surface area contributed by atoms with Crippen molar-refractivity contribution in [3.8, 4) is 5.75 Å². The van der Waals surface area contributed by atoms with E-state index in [1.54, 1.807) is 13.2 Å². The predicted molar refractivity (Wildman–Crippen MR) is 72.9 cm³/mol. The Hall–Kier alpha value is -2.62. The van der Waals surface area contributed by atoms with E-state index in [1.807, 2.05) is 36.4 Å².